The first-order valence-electron chi connectivity index (χ1n) is 7.88. The largest absolute Gasteiger partial charge is 0.512 e. The van der Waals surface area contributed by atoms with E-state index in [9.17, 15) is 10.2 Å². The summed E-state index contributed by atoms with van der Waals surface area (Å²) in [7, 11) is 0. The van der Waals surface area contributed by atoms with Gasteiger partial charge in [-0.2, -0.15) is 0 Å². The second-order valence-corrected chi connectivity index (χ2v) is 6.47. The molecule has 0 unspecified atom stereocenters. The molecule has 1 aromatic rings. The SMILES string of the molecule is OC1=CC2=C(CC1)c1ccc(O)cc1CN(C1CCC1)C2. The minimum absolute atomic E-state index is 0.348. The van der Waals surface area contributed by atoms with Crippen molar-refractivity contribution in [2.24, 2.45) is 0 Å². The fraction of sp³-hybridized carbons (Fsp3) is 0.444. The van der Waals surface area contributed by atoms with Crippen LogP contribution < -0.4 is 0 Å². The average molecular weight is 283 g/mol. The van der Waals surface area contributed by atoms with Gasteiger partial charge in [-0.05, 0) is 59.7 Å². The molecule has 2 aliphatic carbocycles. The molecule has 3 aliphatic rings. The van der Waals surface area contributed by atoms with Crippen molar-refractivity contribution < 1.29 is 10.2 Å². The zero-order chi connectivity index (χ0) is 14.4. The Morgan fingerprint density at radius 2 is 1.90 bits per heavy atom. The lowest BCUT2D eigenvalue weighted by molar-refractivity contribution is 0.132. The normalized spacial score (nSPS) is 23.0. The number of hydrogen-bond donors (Lipinski definition) is 2. The van der Waals surface area contributed by atoms with Gasteiger partial charge in [0, 0.05) is 25.6 Å². The van der Waals surface area contributed by atoms with Crippen LogP contribution in [0, 0.1) is 0 Å². The summed E-state index contributed by atoms with van der Waals surface area (Å²) in [5.41, 5.74) is 5.09. The molecule has 0 saturated heterocycles. The topological polar surface area (TPSA) is 43.7 Å². The number of aromatic hydroxyl groups is 1. The fourth-order valence-corrected chi connectivity index (χ4v) is 3.73. The van der Waals surface area contributed by atoms with Crippen molar-refractivity contribution in [3.63, 3.8) is 0 Å². The standard InChI is InChI=1S/C18H21NO2/c20-15-4-6-17-12(8-15)10-19(14-2-1-3-14)11-13-9-16(21)5-7-18(13)17/h4,6,8-9,14,20-21H,1-3,5,7,10-11H2. The summed E-state index contributed by atoms with van der Waals surface area (Å²) in [6.45, 7) is 1.81. The van der Waals surface area contributed by atoms with Crippen LogP contribution in [0.5, 0.6) is 5.75 Å². The summed E-state index contributed by atoms with van der Waals surface area (Å²) in [5.74, 6) is 0.852. The molecule has 1 aliphatic heterocycles. The number of phenolic OH excluding ortho intramolecular Hbond substituents is 1. The van der Waals surface area contributed by atoms with Crippen molar-refractivity contribution in [3.05, 3.63) is 46.7 Å². The molecule has 21 heavy (non-hydrogen) atoms. The van der Waals surface area contributed by atoms with Crippen molar-refractivity contribution in [3.8, 4) is 5.75 Å². The van der Waals surface area contributed by atoms with E-state index in [1.807, 2.05) is 18.2 Å². The minimum atomic E-state index is 0.348. The first-order valence-corrected chi connectivity index (χ1v) is 7.88. The molecule has 4 rings (SSSR count). The lowest BCUT2D eigenvalue weighted by Crippen LogP contribution is -2.40. The second-order valence-electron chi connectivity index (χ2n) is 6.47. The van der Waals surface area contributed by atoms with Gasteiger partial charge >= 0.3 is 0 Å². The highest BCUT2D eigenvalue weighted by Crippen LogP contribution is 2.39. The number of benzene rings is 1. The van der Waals surface area contributed by atoms with Gasteiger partial charge in [0.2, 0.25) is 0 Å². The van der Waals surface area contributed by atoms with Crippen LogP contribution in [-0.4, -0.2) is 27.7 Å². The van der Waals surface area contributed by atoms with Crippen LogP contribution in [0.15, 0.2) is 35.6 Å². The summed E-state index contributed by atoms with van der Waals surface area (Å²) < 4.78 is 0. The van der Waals surface area contributed by atoms with Crippen molar-refractivity contribution >= 4 is 5.57 Å². The molecule has 3 heteroatoms. The Morgan fingerprint density at radius 3 is 2.67 bits per heavy atom. The molecule has 1 aromatic carbocycles. The van der Waals surface area contributed by atoms with E-state index in [4.69, 9.17) is 0 Å². The number of aliphatic hydroxyl groups excluding tert-OH is 1. The molecule has 1 fully saturated rings. The van der Waals surface area contributed by atoms with Crippen molar-refractivity contribution in [2.75, 3.05) is 6.54 Å². The molecular weight excluding hydrogens is 262 g/mol. The summed E-state index contributed by atoms with van der Waals surface area (Å²) in [6.07, 6.45) is 7.45. The Hall–Kier alpha value is -1.74. The number of rotatable bonds is 1. The van der Waals surface area contributed by atoms with Gasteiger partial charge in [-0.3, -0.25) is 4.90 Å². The van der Waals surface area contributed by atoms with Crippen molar-refractivity contribution in [2.45, 2.75) is 44.7 Å². The van der Waals surface area contributed by atoms with E-state index in [0.29, 0.717) is 17.6 Å². The second kappa shape index (κ2) is 4.92. The molecule has 0 amide bonds. The zero-order valence-electron chi connectivity index (χ0n) is 12.2. The lowest BCUT2D eigenvalue weighted by atomic mass is 9.89. The maximum Gasteiger partial charge on any atom is 0.115 e. The molecular formula is C18H21NO2. The van der Waals surface area contributed by atoms with Gasteiger partial charge in [0.1, 0.15) is 5.75 Å². The van der Waals surface area contributed by atoms with Gasteiger partial charge < -0.3 is 10.2 Å². The fourth-order valence-electron chi connectivity index (χ4n) is 3.73. The molecule has 0 aromatic heterocycles. The molecule has 3 nitrogen and oxygen atoms in total. The Kier molecular flexibility index (Phi) is 3.03. The first kappa shape index (κ1) is 13.0. The number of phenols is 1. The van der Waals surface area contributed by atoms with E-state index >= 15 is 0 Å². The average Bonchev–Trinajstić information content (AvgIpc) is 2.52. The van der Waals surface area contributed by atoms with Gasteiger partial charge in [-0.15, -0.1) is 0 Å². The molecule has 1 saturated carbocycles. The quantitative estimate of drug-likeness (QED) is 0.825. The number of hydrogen-bond acceptors (Lipinski definition) is 3. The smallest absolute Gasteiger partial charge is 0.115 e. The number of allylic oxidation sites excluding steroid dienone is 2. The van der Waals surface area contributed by atoms with E-state index in [1.54, 1.807) is 6.07 Å². The number of fused-ring (bicyclic) bond motifs is 2. The van der Waals surface area contributed by atoms with Crippen LogP contribution in [0.2, 0.25) is 0 Å². The van der Waals surface area contributed by atoms with Crippen LogP contribution in [0.3, 0.4) is 0 Å². The van der Waals surface area contributed by atoms with Crippen LogP contribution in [0.1, 0.15) is 43.2 Å². The van der Waals surface area contributed by atoms with E-state index < -0.39 is 0 Å². The van der Waals surface area contributed by atoms with Gasteiger partial charge in [0.25, 0.3) is 0 Å². The Labute approximate surface area is 125 Å². The monoisotopic (exact) mass is 283 g/mol. The summed E-state index contributed by atoms with van der Waals surface area (Å²) in [6, 6.07) is 6.39. The molecule has 0 bridgehead atoms. The third-order valence-corrected chi connectivity index (χ3v) is 5.11. The Balaban J connectivity index is 1.81. The van der Waals surface area contributed by atoms with Gasteiger partial charge in [0.15, 0.2) is 0 Å². The number of aliphatic hydroxyl groups is 1. The van der Waals surface area contributed by atoms with Crippen LogP contribution >= 0.6 is 0 Å². The molecule has 110 valence electrons. The maximum absolute atomic E-state index is 9.90. The summed E-state index contributed by atoms with van der Waals surface area (Å²) in [4.78, 5) is 2.51. The van der Waals surface area contributed by atoms with Crippen LogP contribution in [-0.2, 0) is 6.54 Å². The molecule has 0 radical (unpaired) electrons. The third kappa shape index (κ3) is 2.26. The predicted molar refractivity (Wildman–Crippen MR) is 83.0 cm³/mol. The highest BCUT2D eigenvalue weighted by Gasteiger charge is 2.30. The molecule has 0 spiro atoms. The van der Waals surface area contributed by atoms with Crippen molar-refractivity contribution in [1.82, 2.24) is 4.90 Å². The number of nitrogens with zero attached hydrogens (tertiary/aromatic N) is 1. The van der Waals surface area contributed by atoms with Crippen molar-refractivity contribution in [1.29, 1.82) is 0 Å². The third-order valence-electron chi connectivity index (χ3n) is 5.11. The van der Waals surface area contributed by atoms with Crippen LogP contribution in [0.25, 0.3) is 5.57 Å². The Morgan fingerprint density at radius 1 is 1.05 bits per heavy atom. The summed E-state index contributed by atoms with van der Waals surface area (Å²) in [5, 5.41) is 19.7. The summed E-state index contributed by atoms with van der Waals surface area (Å²) >= 11 is 0. The van der Waals surface area contributed by atoms with E-state index in [-0.39, 0.29) is 0 Å². The Bertz CT molecular complexity index is 641. The first-order chi connectivity index (χ1) is 10.2. The molecule has 1 heterocycles. The molecule has 2 N–H and O–H groups in total. The van der Waals surface area contributed by atoms with Gasteiger partial charge in [-0.25, -0.2) is 0 Å². The maximum atomic E-state index is 9.90. The highest BCUT2D eigenvalue weighted by atomic mass is 16.3. The zero-order valence-corrected chi connectivity index (χ0v) is 12.2. The predicted octanol–water partition coefficient (Wildman–Crippen LogP) is 3.75. The minimum Gasteiger partial charge on any atom is -0.512 e. The highest BCUT2D eigenvalue weighted by molar-refractivity contribution is 5.76. The van der Waals surface area contributed by atoms with Gasteiger partial charge in [0.05, 0.1) is 5.76 Å². The van der Waals surface area contributed by atoms with E-state index in [2.05, 4.69) is 4.90 Å². The lowest BCUT2D eigenvalue weighted by Gasteiger charge is -2.37. The molecule has 0 atom stereocenters. The van der Waals surface area contributed by atoms with Crippen LogP contribution in [0.4, 0.5) is 0 Å². The van der Waals surface area contributed by atoms with E-state index in [1.165, 1.54) is 41.5 Å². The van der Waals surface area contributed by atoms with Gasteiger partial charge in [-0.1, -0.05) is 12.5 Å². The van der Waals surface area contributed by atoms with E-state index in [0.717, 1.165) is 25.9 Å².